The Kier molecular flexibility index (Phi) is 6.52. The van der Waals surface area contributed by atoms with Gasteiger partial charge in [-0.25, -0.2) is 4.79 Å². The fourth-order valence-corrected chi connectivity index (χ4v) is 1.84. The van der Waals surface area contributed by atoms with Gasteiger partial charge in [-0.05, 0) is 39.0 Å². The maximum atomic E-state index is 11.9. The van der Waals surface area contributed by atoms with Crippen molar-refractivity contribution in [3.63, 3.8) is 0 Å². The number of nitrogens with zero attached hydrogens (tertiary/aromatic N) is 1. The molecule has 1 aromatic rings. The summed E-state index contributed by atoms with van der Waals surface area (Å²) in [4.78, 5) is 24.5. The summed E-state index contributed by atoms with van der Waals surface area (Å²) in [6, 6.07) is 4.31. The van der Waals surface area contributed by atoms with Crippen molar-refractivity contribution in [2.24, 2.45) is 0 Å². The molecule has 0 heterocycles. The van der Waals surface area contributed by atoms with Crippen molar-refractivity contribution < 1.29 is 24.2 Å². The highest BCUT2D eigenvalue weighted by atomic mass is 16.5. The Hall–Kier alpha value is -2.24. The monoisotopic (exact) mass is 295 g/mol. The molecule has 0 atom stereocenters. The van der Waals surface area contributed by atoms with E-state index in [-0.39, 0.29) is 18.1 Å². The minimum Gasteiger partial charge on any atom is -0.490 e. The third-order valence-corrected chi connectivity index (χ3v) is 2.96. The third-order valence-electron chi connectivity index (χ3n) is 2.96. The van der Waals surface area contributed by atoms with Gasteiger partial charge in [0.25, 0.3) is 5.91 Å². The van der Waals surface area contributed by atoms with Crippen LogP contribution in [0.1, 0.15) is 31.1 Å². The number of benzene rings is 1. The van der Waals surface area contributed by atoms with E-state index >= 15 is 0 Å². The first-order valence-electron chi connectivity index (χ1n) is 6.94. The summed E-state index contributed by atoms with van der Waals surface area (Å²) < 4.78 is 10.8. The van der Waals surface area contributed by atoms with Crippen LogP contribution < -0.4 is 9.47 Å². The highest BCUT2D eigenvalue weighted by Crippen LogP contribution is 2.28. The molecule has 0 spiro atoms. The van der Waals surface area contributed by atoms with Crippen molar-refractivity contribution in [1.82, 2.24) is 4.90 Å². The Morgan fingerprint density at radius 3 is 2.29 bits per heavy atom. The lowest BCUT2D eigenvalue weighted by atomic mass is 10.2. The summed E-state index contributed by atoms with van der Waals surface area (Å²) >= 11 is 0. The van der Waals surface area contributed by atoms with E-state index in [1.807, 2.05) is 13.8 Å². The number of hydrogen-bond donors (Lipinski definition) is 1. The summed E-state index contributed by atoms with van der Waals surface area (Å²) in [6.45, 7) is 7.10. The van der Waals surface area contributed by atoms with E-state index in [0.717, 1.165) is 0 Å². The van der Waals surface area contributed by atoms with Crippen molar-refractivity contribution in [2.45, 2.75) is 20.8 Å². The van der Waals surface area contributed by atoms with Gasteiger partial charge in [0.2, 0.25) is 0 Å². The van der Waals surface area contributed by atoms with Gasteiger partial charge in [-0.2, -0.15) is 0 Å². The summed E-state index contributed by atoms with van der Waals surface area (Å²) in [5.41, 5.74) is 0.112. The molecule has 0 unspecified atom stereocenters. The molecule has 0 aliphatic carbocycles. The standard InChI is InChI=1S/C15H21NO5/c1-4-16(5-2)14(17)10-21-12-8-7-11(15(18)19)9-13(12)20-6-3/h7-9H,4-6,10H2,1-3H3,(H,18,19). The predicted molar refractivity (Wildman–Crippen MR) is 78.0 cm³/mol. The van der Waals surface area contributed by atoms with Gasteiger partial charge < -0.3 is 19.5 Å². The SMILES string of the molecule is CCOc1cc(C(=O)O)ccc1OCC(=O)N(CC)CC. The molecule has 0 aliphatic heterocycles. The third kappa shape index (κ3) is 4.66. The molecule has 116 valence electrons. The second-order valence-corrected chi connectivity index (χ2v) is 4.25. The zero-order valence-corrected chi connectivity index (χ0v) is 12.6. The summed E-state index contributed by atoms with van der Waals surface area (Å²) in [6.07, 6.45) is 0. The number of aromatic carboxylic acids is 1. The predicted octanol–water partition coefficient (Wildman–Crippen LogP) is 2.03. The first-order chi connectivity index (χ1) is 10.0. The second-order valence-electron chi connectivity index (χ2n) is 4.25. The average Bonchev–Trinajstić information content (AvgIpc) is 2.47. The lowest BCUT2D eigenvalue weighted by Crippen LogP contribution is -2.34. The van der Waals surface area contributed by atoms with Crippen molar-refractivity contribution >= 4 is 11.9 Å². The van der Waals surface area contributed by atoms with Crippen LogP contribution >= 0.6 is 0 Å². The van der Waals surface area contributed by atoms with Crippen molar-refractivity contribution in [2.75, 3.05) is 26.3 Å². The Balaban J connectivity index is 2.82. The van der Waals surface area contributed by atoms with E-state index in [4.69, 9.17) is 14.6 Å². The van der Waals surface area contributed by atoms with Gasteiger partial charge in [-0.3, -0.25) is 4.79 Å². The van der Waals surface area contributed by atoms with Crippen LogP contribution in [-0.2, 0) is 4.79 Å². The minimum atomic E-state index is -1.04. The summed E-state index contributed by atoms with van der Waals surface area (Å²) in [7, 11) is 0. The molecule has 6 heteroatoms. The van der Waals surface area contributed by atoms with Crippen LogP contribution in [0.25, 0.3) is 0 Å². The number of carboxylic acid groups (broad SMARTS) is 1. The summed E-state index contributed by atoms with van der Waals surface area (Å²) in [5.74, 6) is -0.474. The molecule has 0 bridgehead atoms. The number of ether oxygens (including phenoxy) is 2. The number of carbonyl (C=O) groups is 2. The Morgan fingerprint density at radius 2 is 1.76 bits per heavy atom. The molecule has 1 aromatic carbocycles. The number of carboxylic acids is 1. The average molecular weight is 295 g/mol. The number of carbonyl (C=O) groups excluding carboxylic acids is 1. The molecule has 0 aromatic heterocycles. The second kappa shape index (κ2) is 8.14. The zero-order chi connectivity index (χ0) is 15.8. The Labute approximate surface area is 124 Å². The van der Waals surface area contributed by atoms with Gasteiger partial charge in [0.15, 0.2) is 18.1 Å². The van der Waals surface area contributed by atoms with Gasteiger partial charge in [0, 0.05) is 13.1 Å². The van der Waals surface area contributed by atoms with Crippen LogP contribution in [0.2, 0.25) is 0 Å². The first kappa shape index (κ1) is 16.8. The number of rotatable bonds is 8. The van der Waals surface area contributed by atoms with E-state index in [1.54, 1.807) is 11.8 Å². The van der Waals surface area contributed by atoms with Crippen molar-refractivity contribution in [1.29, 1.82) is 0 Å². The maximum absolute atomic E-state index is 11.9. The molecule has 6 nitrogen and oxygen atoms in total. The van der Waals surface area contributed by atoms with E-state index in [0.29, 0.717) is 31.2 Å². The van der Waals surface area contributed by atoms with Crippen LogP contribution in [0.5, 0.6) is 11.5 Å². The molecule has 1 amide bonds. The van der Waals surface area contributed by atoms with E-state index in [9.17, 15) is 9.59 Å². The van der Waals surface area contributed by atoms with Gasteiger partial charge in [0.05, 0.1) is 12.2 Å². The molecule has 0 saturated heterocycles. The molecule has 0 saturated carbocycles. The van der Waals surface area contributed by atoms with E-state index in [2.05, 4.69) is 0 Å². The van der Waals surface area contributed by atoms with E-state index < -0.39 is 5.97 Å². The molecule has 0 fully saturated rings. The topological polar surface area (TPSA) is 76.1 Å². The molecule has 1 rings (SSSR count). The van der Waals surface area contributed by atoms with Gasteiger partial charge in [-0.1, -0.05) is 0 Å². The van der Waals surface area contributed by atoms with Gasteiger partial charge >= 0.3 is 5.97 Å². The molecular formula is C15H21NO5. The Morgan fingerprint density at radius 1 is 1.10 bits per heavy atom. The van der Waals surface area contributed by atoms with Crippen molar-refractivity contribution in [3.05, 3.63) is 23.8 Å². The lowest BCUT2D eigenvalue weighted by Gasteiger charge is -2.19. The fourth-order valence-electron chi connectivity index (χ4n) is 1.84. The first-order valence-corrected chi connectivity index (χ1v) is 6.94. The number of amides is 1. The maximum Gasteiger partial charge on any atom is 0.335 e. The number of hydrogen-bond acceptors (Lipinski definition) is 4. The highest BCUT2D eigenvalue weighted by Gasteiger charge is 2.14. The van der Waals surface area contributed by atoms with Crippen LogP contribution in [0, 0.1) is 0 Å². The van der Waals surface area contributed by atoms with E-state index in [1.165, 1.54) is 18.2 Å². The molecule has 0 radical (unpaired) electrons. The highest BCUT2D eigenvalue weighted by molar-refractivity contribution is 5.88. The normalized spacial score (nSPS) is 10.0. The molecule has 1 N–H and O–H groups in total. The summed E-state index contributed by atoms with van der Waals surface area (Å²) in [5, 5.41) is 8.97. The quantitative estimate of drug-likeness (QED) is 0.794. The van der Waals surface area contributed by atoms with Crippen molar-refractivity contribution in [3.8, 4) is 11.5 Å². The smallest absolute Gasteiger partial charge is 0.335 e. The zero-order valence-electron chi connectivity index (χ0n) is 12.6. The van der Waals surface area contributed by atoms with Gasteiger partial charge in [-0.15, -0.1) is 0 Å². The largest absolute Gasteiger partial charge is 0.490 e. The molecular weight excluding hydrogens is 274 g/mol. The van der Waals surface area contributed by atoms with Crippen LogP contribution in [-0.4, -0.2) is 48.2 Å². The number of likely N-dealkylation sites (N-methyl/N-ethyl adjacent to an activating group) is 1. The van der Waals surface area contributed by atoms with Crippen LogP contribution in [0.4, 0.5) is 0 Å². The molecule has 0 aliphatic rings. The van der Waals surface area contributed by atoms with Crippen LogP contribution in [0.3, 0.4) is 0 Å². The minimum absolute atomic E-state index is 0.103. The Bertz CT molecular complexity index is 497. The molecule has 21 heavy (non-hydrogen) atoms. The van der Waals surface area contributed by atoms with Crippen LogP contribution in [0.15, 0.2) is 18.2 Å². The van der Waals surface area contributed by atoms with Gasteiger partial charge in [0.1, 0.15) is 0 Å². The fraction of sp³-hybridized carbons (Fsp3) is 0.467. The lowest BCUT2D eigenvalue weighted by molar-refractivity contribution is -0.133.